The highest BCUT2D eigenvalue weighted by Crippen LogP contribution is 2.28. The number of hydrogen-bond acceptors (Lipinski definition) is 4. The van der Waals surface area contributed by atoms with Crippen molar-refractivity contribution in [3.63, 3.8) is 0 Å². The molecule has 0 radical (unpaired) electrons. The number of hydroxylamine groups is 1. The summed E-state index contributed by atoms with van der Waals surface area (Å²) in [4.78, 5) is 16.4. The van der Waals surface area contributed by atoms with Gasteiger partial charge in [-0.1, -0.05) is 23.4 Å². The Morgan fingerprint density at radius 3 is 2.79 bits per heavy atom. The van der Waals surface area contributed by atoms with Crippen LogP contribution >= 0.6 is 0 Å². The number of benzene rings is 1. The fourth-order valence-electron chi connectivity index (χ4n) is 1.45. The van der Waals surface area contributed by atoms with Gasteiger partial charge in [0.2, 0.25) is 0 Å². The van der Waals surface area contributed by atoms with Crippen LogP contribution < -0.4 is 5.06 Å². The zero-order chi connectivity index (χ0) is 10.1. The van der Waals surface area contributed by atoms with Gasteiger partial charge in [0.15, 0.2) is 5.71 Å². The molecule has 5 nitrogen and oxygen atoms in total. The lowest BCUT2D eigenvalue weighted by molar-refractivity contribution is -0.117. The Bertz CT molecular complexity index is 414. The van der Waals surface area contributed by atoms with E-state index in [-0.39, 0.29) is 5.71 Å². The number of rotatable bonds is 1. The van der Waals surface area contributed by atoms with Crippen molar-refractivity contribution in [1.29, 1.82) is 0 Å². The molecule has 1 aliphatic rings. The van der Waals surface area contributed by atoms with Crippen LogP contribution in [0.25, 0.3) is 0 Å². The molecule has 1 heterocycles. The second kappa shape index (κ2) is 3.12. The number of para-hydroxylation sites is 1. The number of anilines is 1. The summed E-state index contributed by atoms with van der Waals surface area (Å²) in [5.41, 5.74) is 1.16. The zero-order valence-corrected chi connectivity index (χ0v) is 7.47. The number of carbonyl (C=O) groups is 1. The third-order valence-corrected chi connectivity index (χ3v) is 2.05. The third-order valence-electron chi connectivity index (χ3n) is 2.05. The molecule has 1 aromatic rings. The first-order valence-electron chi connectivity index (χ1n) is 3.99. The predicted molar refractivity (Wildman–Crippen MR) is 49.3 cm³/mol. The van der Waals surface area contributed by atoms with Crippen LogP contribution in [-0.2, 0) is 9.63 Å². The number of nitrogens with zero attached hydrogens (tertiary/aromatic N) is 2. The first-order chi connectivity index (χ1) is 6.79. The summed E-state index contributed by atoms with van der Waals surface area (Å²) in [5, 5.41) is 12.7. The fourth-order valence-corrected chi connectivity index (χ4v) is 1.45. The Morgan fingerprint density at radius 1 is 1.43 bits per heavy atom. The standard InChI is InChI=1S/C9H8N2O3/c1-14-11-7-5-3-2-4-6(7)8(10-13)9(11)12/h2-5,13H,1H3/b10-8+. The number of fused-ring (bicyclic) bond motifs is 1. The molecule has 0 spiro atoms. The van der Waals surface area contributed by atoms with E-state index in [1.807, 2.05) is 0 Å². The van der Waals surface area contributed by atoms with Crippen molar-refractivity contribution in [2.24, 2.45) is 5.16 Å². The van der Waals surface area contributed by atoms with Gasteiger partial charge in [-0.25, -0.2) is 0 Å². The zero-order valence-electron chi connectivity index (χ0n) is 7.47. The normalized spacial score (nSPS) is 17.6. The lowest BCUT2D eigenvalue weighted by Gasteiger charge is -2.11. The summed E-state index contributed by atoms with van der Waals surface area (Å²) in [7, 11) is 1.38. The summed E-state index contributed by atoms with van der Waals surface area (Å²) < 4.78 is 0. The van der Waals surface area contributed by atoms with E-state index in [2.05, 4.69) is 5.16 Å². The van der Waals surface area contributed by atoms with E-state index in [0.29, 0.717) is 11.3 Å². The molecular formula is C9H8N2O3. The van der Waals surface area contributed by atoms with Crippen LogP contribution in [0.3, 0.4) is 0 Å². The van der Waals surface area contributed by atoms with Crippen molar-refractivity contribution in [2.75, 3.05) is 12.2 Å². The second-order valence-corrected chi connectivity index (χ2v) is 2.75. The van der Waals surface area contributed by atoms with E-state index < -0.39 is 5.91 Å². The smallest absolute Gasteiger partial charge is 0.304 e. The second-order valence-electron chi connectivity index (χ2n) is 2.75. The molecule has 0 saturated carbocycles. The molecule has 0 atom stereocenters. The number of oxime groups is 1. The molecule has 1 N–H and O–H groups in total. The minimum absolute atomic E-state index is 0.00227. The summed E-state index contributed by atoms with van der Waals surface area (Å²) in [6.07, 6.45) is 0. The summed E-state index contributed by atoms with van der Waals surface area (Å²) in [5.74, 6) is -0.462. The van der Waals surface area contributed by atoms with Crippen molar-refractivity contribution < 1.29 is 14.8 Å². The molecule has 0 saturated heterocycles. The minimum Gasteiger partial charge on any atom is -0.410 e. The molecule has 0 aromatic heterocycles. The van der Waals surface area contributed by atoms with Crippen molar-refractivity contribution in [3.05, 3.63) is 29.8 Å². The molecule has 72 valence electrons. The van der Waals surface area contributed by atoms with Gasteiger partial charge in [-0.05, 0) is 6.07 Å². The first-order valence-corrected chi connectivity index (χ1v) is 3.99. The van der Waals surface area contributed by atoms with Crippen LogP contribution in [-0.4, -0.2) is 23.9 Å². The van der Waals surface area contributed by atoms with Gasteiger partial charge in [0.1, 0.15) is 0 Å². The van der Waals surface area contributed by atoms with Gasteiger partial charge in [-0.2, -0.15) is 5.06 Å². The lowest BCUT2D eigenvalue weighted by Crippen LogP contribution is -2.28. The van der Waals surface area contributed by atoms with Crippen molar-refractivity contribution in [2.45, 2.75) is 0 Å². The van der Waals surface area contributed by atoms with E-state index in [1.54, 1.807) is 24.3 Å². The number of carbonyl (C=O) groups excluding carboxylic acids is 1. The monoisotopic (exact) mass is 192 g/mol. The molecule has 0 aliphatic carbocycles. The SMILES string of the molecule is CON1C(=O)/C(=N/O)c2ccccc21. The first kappa shape index (κ1) is 8.71. The minimum atomic E-state index is -0.462. The van der Waals surface area contributed by atoms with Gasteiger partial charge >= 0.3 is 5.91 Å². The van der Waals surface area contributed by atoms with E-state index in [4.69, 9.17) is 10.0 Å². The third kappa shape index (κ3) is 0.993. The average molecular weight is 192 g/mol. The molecule has 1 amide bonds. The van der Waals surface area contributed by atoms with Crippen molar-refractivity contribution in [1.82, 2.24) is 0 Å². The van der Waals surface area contributed by atoms with E-state index in [1.165, 1.54) is 7.11 Å². The van der Waals surface area contributed by atoms with Crippen LogP contribution in [0.5, 0.6) is 0 Å². The van der Waals surface area contributed by atoms with Crippen LogP contribution in [0.2, 0.25) is 0 Å². The fraction of sp³-hybridized carbons (Fsp3) is 0.111. The Labute approximate surface area is 80.2 Å². The Morgan fingerprint density at radius 2 is 2.14 bits per heavy atom. The van der Waals surface area contributed by atoms with Crippen molar-refractivity contribution >= 4 is 17.3 Å². The summed E-state index contributed by atoms with van der Waals surface area (Å²) >= 11 is 0. The average Bonchev–Trinajstić information content (AvgIpc) is 2.49. The van der Waals surface area contributed by atoms with E-state index in [9.17, 15) is 4.79 Å². The van der Waals surface area contributed by atoms with Crippen LogP contribution in [0.15, 0.2) is 29.4 Å². The van der Waals surface area contributed by atoms with Crippen LogP contribution in [0.1, 0.15) is 5.56 Å². The van der Waals surface area contributed by atoms with Crippen LogP contribution in [0, 0.1) is 0 Å². The molecule has 2 rings (SSSR count). The highest BCUT2D eigenvalue weighted by molar-refractivity contribution is 6.53. The number of amides is 1. The van der Waals surface area contributed by atoms with Gasteiger partial charge in [0, 0.05) is 5.56 Å². The molecular weight excluding hydrogens is 184 g/mol. The summed E-state index contributed by atoms with van der Waals surface area (Å²) in [6.45, 7) is 0. The maximum absolute atomic E-state index is 11.5. The lowest BCUT2D eigenvalue weighted by atomic mass is 10.1. The van der Waals surface area contributed by atoms with E-state index >= 15 is 0 Å². The quantitative estimate of drug-likeness (QED) is 0.528. The Kier molecular flexibility index (Phi) is 1.94. The molecule has 0 bridgehead atoms. The maximum atomic E-state index is 11.5. The topological polar surface area (TPSA) is 62.1 Å². The van der Waals surface area contributed by atoms with Gasteiger partial charge in [-0.3, -0.25) is 9.63 Å². The molecule has 1 aromatic carbocycles. The highest BCUT2D eigenvalue weighted by Gasteiger charge is 2.34. The highest BCUT2D eigenvalue weighted by atomic mass is 16.7. The Balaban J connectivity index is 2.62. The van der Waals surface area contributed by atoms with Gasteiger partial charge in [0.25, 0.3) is 0 Å². The van der Waals surface area contributed by atoms with Crippen LogP contribution in [0.4, 0.5) is 5.69 Å². The molecule has 1 aliphatic heterocycles. The molecule has 0 unspecified atom stereocenters. The Hall–Kier alpha value is -1.88. The largest absolute Gasteiger partial charge is 0.410 e. The molecule has 5 heteroatoms. The molecule has 14 heavy (non-hydrogen) atoms. The number of hydrogen-bond donors (Lipinski definition) is 1. The van der Waals surface area contributed by atoms with Gasteiger partial charge < -0.3 is 5.21 Å². The van der Waals surface area contributed by atoms with E-state index in [0.717, 1.165) is 5.06 Å². The predicted octanol–water partition coefficient (Wildman–Crippen LogP) is 0.773. The van der Waals surface area contributed by atoms with Gasteiger partial charge in [-0.15, -0.1) is 0 Å². The van der Waals surface area contributed by atoms with Gasteiger partial charge in [0.05, 0.1) is 12.8 Å². The summed E-state index contributed by atoms with van der Waals surface area (Å²) in [6, 6.07) is 6.95. The van der Waals surface area contributed by atoms with Crippen molar-refractivity contribution in [3.8, 4) is 0 Å². The maximum Gasteiger partial charge on any atom is 0.304 e. The molecule has 0 fully saturated rings.